The summed E-state index contributed by atoms with van der Waals surface area (Å²) < 4.78 is 5.25. The number of nitrogens with zero attached hydrogens (tertiary/aromatic N) is 3. The maximum Gasteiger partial charge on any atom is 0.217 e. The normalized spacial score (nSPS) is 10.6. The number of anilines is 1. The summed E-state index contributed by atoms with van der Waals surface area (Å²) >= 11 is 1.74. The van der Waals surface area contributed by atoms with Crippen molar-refractivity contribution < 1.29 is 4.74 Å². The van der Waals surface area contributed by atoms with Gasteiger partial charge in [-0.25, -0.2) is 9.97 Å². The summed E-state index contributed by atoms with van der Waals surface area (Å²) in [7, 11) is 1.64. The topological polar surface area (TPSA) is 50.3 Å². The van der Waals surface area contributed by atoms with Crippen LogP contribution in [0.2, 0.25) is 0 Å². The highest BCUT2D eigenvalue weighted by Gasteiger charge is 2.08. The quantitative estimate of drug-likeness (QED) is 0.812. The van der Waals surface area contributed by atoms with Crippen LogP contribution in [-0.2, 0) is 13.1 Å². The smallest absolute Gasteiger partial charge is 0.217 e. The molecular formula is C15H22N4OS. The maximum atomic E-state index is 5.25. The minimum atomic E-state index is 0.679. The number of pyridine rings is 1. The Labute approximate surface area is 130 Å². The van der Waals surface area contributed by atoms with Crippen LogP contribution < -0.4 is 15.0 Å². The summed E-state index contributed by atoms with van der Waals surface area (Å²) in [4.78, 5) is 12.2. The highest BCUT2D eigenvalue weighted by Crippen LogP contribution is 2.22. The number of aromatic nitrogens is 2. The molecule has 0 bridgehead atoms. The zero-order chi connectivity index (χ0) is 15.1. The van der Waals surface area contributed by atoms with Gasteiger partial charge in [-0.05, 0) is 19.9 Å². The minimum Gasteiger partial charge on any atom is -0.481 e. The average molecular weight is 306 g/mol. The van der Waals surface area contributed by atoms with Crippen molar-refractivity contribution in [1.82, 2.24) is 15.3 Å². The Kier molecular flexibility index (Phi) is 5.95. The van der Waals surface area contributed by atoms with Crippen molar-refractivity contribution in [1.29, 1.82) is 0 Å². The van der Waals surface area contributed by atoms with Crippen LogP contribution in [0.1, 0.15) is 24.3 Å². The Balaban J connectivity index is 1.89. The lowest BCUT2D eigenvalue weighted by atomic mass is 10.2. The number of hydrogen-bond acceptors (Lipinski definition) is 6. The Morgan fingerprint density at radius 1 is 1.24 bits per heavy atom. The molecule has 1 N–H and O–H groups in total. The second kappa shape index (κ2) is 7.95. The van der Waals surface area contributed by atoms with Crippen molar-refractivity contribution in [3.8, 4) is 5.88 Å². The zero-order valence-corrected chi connectivity index (χ0v) is 13.6. The van der Waals surface area contributed by atoms with Crippen LogP contribution in [0.4, 0.5) is 5.13 Å². The van der Waals surface area contributed by atoms with E-state index in [1.54, 1.807) is 24.6 Å². The fourth-order valence-corrected chi connectivity index (χ4v) is 3.09. The molecule has 114 valence electrons. The van der Waals surface area contributed by atoms with E-state index in [1.165, 1.54) is 4.88 Å². The molecule has 0 unspecified atom stereocenters. The molecule has 6 heteroatoms. The number of methoxy groups -OCH3 is 1. The Morgan fingerprint density at radius 2 is 2.05 bits per heavy atom. The third-order valence-electron chi connectivity index (χ3n) is 3.23. The van der Waals surface area contributed by atoms with Crippen LogP contribution in [-0.4, -0.2) is 30.2 Å². The maximum absolute atomic E-state index is 5.25. The minimum absolute atomic E-state index is 0.679. The molecule has 2 aromatic rings. The first kappa shape index (κ1) is 15.7. The Bertz CT molecular complexity index is 554. The summed E-state index contributed by atoms with van der Waals surface area (Å²) in [6.07, 6.45) is 3.69. The molecule has 2 rings (SSSR count). The van der Waals surface area contributed by atoms with E-state index in [9.17, 15) is 0 Å². The summed E-state index contributed by atoms with van der Waals surface area (Å²) in [6, 6.07) is 3.94. The predicted octanol–water partition coefficient (Wildman–Crippen LogP) is 2.68. The second-order valence-corrected chi connectivity index (χ2v) is 5.65. The van der Waals surface area contributed by atoms with E-state index < -0.39 is 0 Å². The molecule has 0 radical (unpaired) electrons. The molecule has 5 nitrogen and oxygen atoms in total. The molecular weight excluding hydrogens is 284 g/mol. The number of thiazole rings is 1. The average Bonchev–Trinajstić information content (AvgIpc) is 2.98. The molecule has 0 spiro atoms. The standard InChI is InChI=1S/C15H22N4OS/c1-4-19(5-2)15-18-11-13(21-15)10-16-9-12-7-6-8-17-14(12)20-3/h6-8,11,16H,4-5,9-10H2,1-3H3. The van der Waals surface area contributed by atoms with Gasteiger partial charge in [0.25, 0.3) is 0 Å². The first-order valence-electron chi connectivity index (χ1n) is 7.16. The van der Waals surface area contributed by atoms with Crippen LogP contribution in [0.15, 0.2) is 24.5 Å². The molecule has 21 heavy (non-hydrogen) atoms. The molecule has 0 aromatic carbocycles. The lowest BCUT2D eigenvalue weighted by Crippen LogP contribution is -2.21. The van der Waals surface area contributed by atoms with E-state index in [0.29, 0.717) is 5.88 Å². The molecule has 0 fully saturated rings. The van der Waals surface area contributed by atoms with Crippen LogP contribution >= 0.6 is 11.3 Å². The van der Waals surface area contributed by atoms with Gasteiger partial charge in [-0.3, -0.25) is 0 Å². The molecule has 2 heterocycles. The molecule has 0 saturated carbocycles. The predicted molar refractivity (Wildman–Crippen MR) is 87.0 cm³/mol. The summed E-state index contributed by atoms with van der Waals surface area (Å²) in [6.45, 7) is 7.81. The van der Waals surface area contributed by atoms with Gasteiger partial charge in [-0.1, -0.05) is 6.07 Å². The van der Waals surface area contributed by atoms with Crippen LogP contribution in [0.25, 0.3) is 0 Å². The fourth-order valence-electron chi connectivity index (χ4n) is 2.08. The number of ether oxygens (including phenoxy) is 1. The third kappa shape index (κ3) is 4.15. The molecule has 0 aliphatic heterocycles. The monoisotopic (exact) mass is 306 g/mol. The van der Waals surface area contributed by atoms with E-state index in [2.05, 4.69) is 34.0 Å². The fraction of sp³-hybridized carbons (Fsp3) is 0.467. The SMILES string of the molecule is CCN(CC)c1ncc(CNCc2cccnc2OC)s1. The molecule has 0 saturated heterocycles. The zero-order valence-electron chi connectivity index (χ0n) is 12.8. The van der Waals surface area contributed by atoms with E-state index in [-0.39, 0.29) is 0 Å². The molecule has 0 amide bonds. The van der Waals surface area contributed by atoms with E-state index in [4.69, 9.17) is 4.74 Å². The second-order valence-electron chi connectivity index (χ2n) is 4.56. The number of hydrogen-bond donors (Lipinski definition) is 1. The first-order chi connectivity index (χ1) is 10.3. The van der Waals surface area contributed by atoms with Crippen molar-refractivity contribution in [2.24, 2.45) is 0 Å². The number of nitrogens with one attached hydrogen (secondary N) is 1. The highest BCUT2D eigenvalue weighted by molar-refractivity contribution is 7.15. The summed E-state index contributed by atoms with van der Waals surface area (Å²) in [5, 5.41) is 4.51. The van der Waals surface area contributed by atoms with Crippen LogP contribution in [0.5, 0.6) is 5.88 Å². The van der Waals surface area contributed by atoms with E-state index in [1.807, 2.05) is 18.3 Å². The molecule has 0 atom stereocenters. The Hall–Kier alpha value is -1.66. The van der Waals surface area contributed by atoms with Gasteiger partial charge in [0.05, 0.1) is 7.11 Å². The molecule has 0 aliphatic rings. The van der Waals surface area contributed by atoms with Crippen LogP contribution in [0, 0.1) is 0 Å². The summed E-state index contributed by atoms with van der Waals surface area (Å²) in [5.74, 6) is 0.679. The van der Waals surface area contributed by atoms with E-state index >= 15 is 0 Å². The van der Waals surface area contributed by atoms with Crippen molar-refractivity contribution in [2.75, 3.05) is 25.1 Å². The lowest BCUT2D eigenvalue weighted by Gasteiger charge is -2.16. The van der Waals surface area contributed by atoms with Gasteiger partial charge in [0.15, 0.2) is 5.13 Å². The van der Waals surface area contributed by atoms with Crippen molar-refractivity contribution in [3.05, 3.63) is 35.0 Å². The van der Waals surface area contributed by atoms with Gasteiger partial charge in [0.2, 0.25) is 5.88 Å². The van der Waals surface area contributed by atoms with Crippen molar-refractivity contribution in [2.45, 2.75) is 26.9 Å². The van der Waals surface area contributed by atoms with Gasteiger partial charge < -0.3 is 15.0 Å². The van der Waals surface area contributed by atoms with Gasteiger partial charge in [0, 0.05) is 49.0 Å². The third-order valence-corrected chi connectivity index (χ3v) is 4.29. The van der Waals surface area contributed by atoms with Crippen molar-refractivity contribution >= 4 is 16.5 Å². The number of rotatable bonds is 8. The van der Waals surface area contributed by atoms with Gasteiger partial charge >= 0.3 is 0 Å². The van der Waals surface area contributed by atoms with Crippen molar-refractivity contribution in [3.63, 3.8) is 0 Å². The van der Waals surface area contributed by atoms with Gasteiger partial charge in [-0.2, -0.15) is 0 Å². The molecule has 2 aromatic heterocycles. The Morgan fingerprint density at radius 3 is 2.76 bits per heavy atom. The summed E-state index contributed by atoms with van der Waals surface area (Å²) in [5.41, 5.74) is 1.06. The van der Waals surface area contributed by atoms with Gasteiger partial charge in [-0.15, -0.1) is 11.3 Å². The first-order valence-corrected chi connectivity index (χ1v) is 7.98. The lowest BCUT2D eigenvalue weighted by molar-refractivity contribution is 0.390. The molecule has 0 aliphatic carbocycles. The van der Waals surface area contributed by atoms with Crippen LogP contribution in [0.3, 0.4) is 0 Å². The largest absolute Gasteiger partial charge is 0.481 e. The van der Waals surface area contributed by atoms with E-state index in [0.717, 1.165) is 36.9 Å². The highest BCUT2D eigenvalue weighted by atomic mass is 32.1. The van der Waals surface area contributed by atoms with Gasteiger partial charge in [0.1, 0.15) is 0 Å².